The molecule has 7 nitrogen and oxygen atoms in total. The van der Waals surface area contributed by atoms with Crippen molar-refractivity contribution >= 4 is 41.9 Å². The maximum atomic E-state index is 12.7. The number of amides is 1. The van der Waals surface area contributed by atoms with E-state index in [1.165, 1.54) is 0 Å². The van der Waals surface area contributed by atoms with Crippen LogP contribution in [0.2, 0.25) is 0 Å². The van der Waals surface area contributed by atoms with E-state index in [9.17, 15) is 4.79 Å². The van der Waals surface area contributed by atoms with E-state index in [1.54, 1.807) is 18.6 Å². The fraction of sp³-hybridized carbons (Fsp3) is 0.381. The van der Waals surface area contributed by atoms with Crippen molar-refractivity contribution in [3.05, 3.63) is 54.5 Å². The zero-order chi connectivity index (χ0) is 19.0. The Bertz CT molecular complexity index is 1010. The monoisotopic (exact) mass is 449 g/mol. The molecule has 4 heterocycles. The molecule has 0 radical (unpaired) electrons. The van der Waals surface area contributed by atoms with Gasteiger partial charge >= 0.3 is 0 Å². The third-order valence-corrected chi connectivity index (χ3v) is 5.74. The average molecular weight is 450 g/mol. The van der Waals surface area contributed by atoms with Crippen molar-refractivity contribution in [2.24, 2.45) is 0 Å². The zero-order valence-corrected chi connectivity index (χ0v) is 18.0. The van der Waals surface area contributed by atoms with E-state index in [1.807, 2.05) is 34.9 Å². The lowest BCUT2D eigenvalue weighted by atomic mass is 9.88. The van der Waals surface area contributed by atoms with Crippen molar-refractivity contribution in [1.82, 2.24) is 25.2 Å². The van der Waals surface area contributed by atoms with Crippen molar-refractivity contribution < 1.29 is 9.53 Å². The number of halogens is 2. The number of benzene rings is 1. The van der Waals surface area contributed by atoms with Gasteiger partial charge in [0.2, 0.25) is 0 Å². The molecule has 1 aromatic carbocycles. The van der Waals surface area contributed by atoms with Gasteiger partial charge in [0.05, 0.1) is 23.8 Å². The molecule has 2 fully saturated rings. The Morgan fingerprint density at radius 2 is 1.93 bits per heavy atom. The number of carbonyl (C=O) groups excluding carboxylic acids is 1. The van der Waals surface area contributed by atoms with E-state index < -0.39 is 0 Å². The molecule has 0 aliphatic carbocycles. The molecule has 1 amide bonds. The Kier molecular flexibility index (Phi) is 6.98. The molecule has 0 saturated carbocycles. The van der Waals surface area contributed by atoms with Gasteiger partial charge in [-0.3, -0.25) is 9.36 Å². The number of nitrogens with one attached hydrogen (secondary N) is 2. The molecule has 1 atom stereocenters. The number of fused-ring (bicyclic) bond motifs is 1. The second-order valence-corrected chi connectivity index (χ2v) is 7.64. The molecule has 5 rings (SSSR count). The van der Waals surface area contributed by atoms with E-state index in [0.717, 1.165) is 43.7 Å². The van der Waals surface area contributed by atoms with Crippen molar-refractivity contribution in [2.45, 2.75) is 30.9 Å². The van der Waals surface area contributed by atoms with E-state index in [2.05, 4.69) is 20.6 Å². The van der Waals surface area contributed by atoms with Crippen LogP contribution in [0.3, 0.4) is 0 Å². The zero-order valence-electron chi connectivity index (χ0n) is 16.4. The number of imidazole rings is 1. The highest BCUT2D eigenvalue weighted by Crippen LogP contribution is 2.34. The van der Waals surface area contributed by atoms with Crippen LogP contribution in [0.15, 0.2) is 48.9 Å². The summed E-state index contributed by atoms with van der Waals surface area (Å²) in [7, 11) is 0. The van der Waals surface area contributed by atoms with Crippen LogP contribution in [0.1, 0.15) is 29.6 Å². The molecular formula is C21H25Cl2N5O2. The second kappa shape index (κ2) is 9.31. The van der Waals surface area contributed by atoms with Gasteiger partial charge in [-0.1, -0.05) is 18.2 Å². The quantitative estimate of drug-likeness (QED) is 0.642. The van der Waals surface area contributed by atoms with Gasteiger partial charge in [0, 0.05) is 11.9 Å². The fourth-order valence-electron chi connectivity index (χ4n) is 4.24. The molecule has 2 aliphatic rings. The largest absolute Gasteiger partial charge is 0.373 e. The number of para-hydroxylation sites is 1. The molecule has 30 heavy (non-hydrogen) atoms. The summed E-state index contributed by atoms with van der Waals surface area (Å²) in [5.74, 6) is -0.122. The normalized spacial score (nSPS) is 19.8. The number of ether oxygens (including phenoxy) is 1. The van der Waals surface area contributed by atoms with Gasteiger partial charge in [0.1, 0.15) is 11.8 Å². The first kappa shape index (κ1) is 22.5. The molecule has 3 aromatic rings. The minimum absolute atomic E-state index is 0. The minimum atomic E-state index is -0.122. The lowest BCUT2D eigenvalue weighted by Gasteiger charge is -2.32. The van der Waals surface area contributed by atoms with Gasteiger partial charge in [-0.05, 0) is 50.6 Å². The fourth-order valence-corrected chi connectivity index (χ4v) is 4.24. The highest BCUT2D eigenvalue weighted by Gasteiger charge is 2.41. The number of carbonyl (C=O) groups is 1. The van der Waals surface area contributed by atoms with E-state index in [4.69, 9.17) is 4.74 Å². The number of hydrogen-bond donors (Lipinski definition) is 2. The van der Waals surface area contributed by atoms with Gasteiger partial charge in [-0.2, -0.15) is 0 Å². The predicted molar refractivity (Wildman–Crippen MR) is 120 cm³/mol. The Balaban J connectivity index is 0.00000128. The Hall–Kier alpha value is -2.19. The molecule has 1 spiro atoms. The van der Waals surface area contributed by atoms with Crippen LogP contribution in [0.25, 0.3) is 16.9 Å². The van der Waals surface area contributed by atoms with E-state index >= 15 is 0 Å². The summed E-state index contributed by atoms with van der Waals surface area (Å²) in [6.45, 7) is 2.53. The summed E-state index contributed by atoms with van der Waals surface area (Å²) < 4.78 is 7.99. The first-order valence-electron chi connectivity index (χ1n) is 9.77. The third-order valence-electron chi connectivity index (χ3n) is 5.74. The van der Waals surface area contributed by atoms with Crippen LogP contribution in [0.4, 0.5) is 0 Å². The molecular weight excluding hydrogens is 425 g/mol. The molecule has 2 aliphatic heterocycles. The van der Waals surface area contributed by atoms with Crippen molar-refractivity contribution in [3.63, 3.8) is 0 Å². The molecule has 2 aromatic heterocycles. The number of piperidine rings is 1. The lowest BCUT2D eigenvalue weighted by molar-refractivity contribution is -0.0194. The Morgan fingerprint density at radius 1 is 1.17 bits per heavy atom. The van der Waals surface area contributed by atoms with Crippen LogP contribution in [-0.4, -0.2) is 51.8 Å². The number of rotatable bonds is 3. The number of pyridine rings is 1. The summed E-state index contributed by atoms with van der Waals surface area (Å²) in [6, 6.07) is 11.8. The number of hydrogen-bond acceptors (Lipinski definition) is 5. The topological polar surface area (TPSA) is 81.1 Å². The highest BCUT2D eigenvalue weighted by molar-refractivity contribution is 5.96. The molecule has 2 saturated heterocycles. The molecule has 2 N–H and O–H groups in total. The average Bonchev–Trinajstić information content (AvgIpc) is 3.33. The Morgan fingerprint density at radius 3 is 2.70 bits per heavy atom. The molecule has 1 unspecified atom stereocenters. The molecule has 9 heteroatoms. The van der Waals surface area contributed by atoms with E-state index in [0.29, 0.717) is 17.7 Å². The van der Waals surface area contributed by atoms with Gasteiger partial charge < -0.3 is 15.4 Å². The van der Waals surface area contributed by atoms with E-state index in [-0.39, 0.29) is 42.4 Å². The maximum absolute atomic E-state index is 12.7. The smallest absolute Gasteiger partial charge is 0.253 e. The van der Waals surface area contributed by atoms with Crippen LogP contribution in [0, 0.1) is 0 Å². The summed E-state index contributed by atoms with van der Waals surface area (Å²) in [5, 5.41) is 6.47. The maximum Gasteiger partial charge on any atom is 0.253 e. The van der Waals surface area contributed by atoms with Crippen molar-refractivity contribution in [1.29, 1.82) is 0 Å². The van der Waals surface area contributed by atoms with Gasteiger partial charge in [0.25, 0.3) is 5.91 Å². The van der Waals surface area contributed by atoms with Crippen molar-refractivity contribution in [3.8, 4) is 5.69 Å². The summed E-state index contributed by atoms with van der Waals surface area (Å²) in [6.07, 6.45) is 6.24. The van der Waals surface area contributed by atoms with Crippen LogP contribution in [0.5, 0.6) is 0 Å². The molecule has 160 valence electrons. The lowest BCUT2D eigenvalue weighted by Crippen LogP contribution is -2.43. The summed E-state index contributed by atoms with van der Waals surface area (Å²) in [5.41, 5.74) is 2.89. The van der Waals surface area contributed by atoms with Gasteiger partial charge in [-0.15, -0.1) is 24.8 Å². The first-order chi connectivity index (χ1) is 13.7. The number of nitrogens with zero attached hydrogens (tertiary/aromatic N) is 3. The number of aromatic nitrogens is 3. The van der Waals surface area contributed by atoms with Crippen molar-refractivity contribution in [2.75, 3.05) is 19.7 Å². The Labute approximate surface area is 187 Å². The second-order valence-electron chi connectivity index (χ2n) is 7.64. The third kappa shape index (κ3) is 4.30. The molecule has 0 bridgehead atoms. The summed E-state index contributed by atoms with van der Waals surface area (Å²) >= 11 is 0. The van der Waals surface area contributed by atoms with Crippen LogP contribution in [-0.2, 0) is 4.74 Å². The summed E-state index contributed by atoms with van der Waals surface area (Å²) in [4.78, 5) is 21.7. The minimum Gasteiger partial charge on any atom is -0.373 e. The van der Waals surface area contributed by atoms with Crippen LogP contribution < -0.4 is 10.6 Å². The first-order valence-corrected chi connectivity index (χ1v) is 9.77. The SMILES string of the molecule is Cl.Cl.O=C(NC1COC2(CCNCC2)C1)c1cnc2c(c1)ncn2-c1ccccc1. The van der Waals surface area contributed by atoms with Gasteiger partial charge in [-0.25, -0.2) is 9.97 Å². The van der Waals surface area contributed by atoms with Crippen LogP contribution >= 0.6 is 24.8 Å². The highest BCUT2D eigenvalue weighted by atomic mass is 35.5. The standard InChI is InChI=1S/C21H23N5O2.2ClH/c27-20(25-16-11-21(28-13-16)6-8-22-9-7-21)15-10-18-19(23-12-15)26(14-24-18)17-4-2-1-3-5-17;;/h1-5,10,12,14,16,22H,6-9,11,13H2,(H,25,27);2*1H. The predicted octanol–water partition coefficient (Wildman–Crippen LogP) is 2.91. The van der Waals surface area contributed by atoms with Gasteiger partial charge in [0.15, 0.2) is 5.65 Å².